The van der Waals surface area contributed by atoms with Gasteiger partial charge in [0.2, 0.25) is 0 Å². The van der Waals surface area contributed by atoms with E-state index >= 15 is 0 Å². The normalized spacial score (nSPS) is 11.3. The molecule has 0 fully saturated rings. The van der Waals surface area contributed by atoms with Crippen molar-refractivity contribution in [3.8, 4) is 5.75 Å². The molecule has 2 N–H and O–H groups in total. The Bertz CT molecular complexity index is 847. The number of ether oxygens (including phenoxy) is 1. The minimum absolute atomic E-state index is 0.165. The number of amides is 2. The molecule has 0 aliphatic heterocycles. The molecule has 0 saturated heterocycles. The quantitative estimate of drug-likeness (QED) is 0.487. The lowest BCUT2D eigenvalue weighted by Gasteiger charge is -2.13. The number of rotatable bonds is 9. The minimum atomic E-state index is -0.378. The highest BCUT2D eigenvalue weighted by atomic mass is 35.5. The van der Waals surface area contributed by atoms with E-state index in [2.05, 4.69) is 10.6 Å². The molecule has 154 valence electrons. The summed E-state index contributed by atoms with van der Waals surface area (Å²) in [4.78, 5) is 27.3. The molecule has 0 spiro atoms. The summed E-state index contributed by atoms with van der Waals surface area (Å²) < 4.78 is 5.11. The molecule has 0 heterocycles. The number of hydrogen-bond acceptors (Lipinski definition) is 4. The second kappa shape index (κ2) is 11.2. The Morgan fingerprint density at radius 1 is 1.07 bits per heavy atom. The summed E-state index contributed by atoms with van der Waals surface area (Å²) >= 11 is 5.93. The number of carbonyl (C=O) groups excluding carboxylic acids is 2. The van der Waals surface area contributed by atoms with Crippen molar-refractivity contribution in [3.05, 3.63) is 70.4 Å². The molecule has 2 amide bonds. The molecule has 6 nitrogen and oxygen atoms in total. The Hall–Kier alpha value is -2.83. The van der Waals surface area contributed by atoms with Gasteiger partial charge in [-0.3, -0.25) is 9.59 Å². The maximum absolute atomic E-state index is 12.7. The molecule has 0 aliphatic rings. The van der Waals surface area contributed by atoms with Gasteiger partial charge < -0.3 is 20.3 Å². The fraction of sp³-hybridized carbons (Fsp3) is 0.273. The van der Waals surface area contributed by atoms with Gasteiger partial charge in [0.1, 0.15) is 11.4 Å². The van der Waals surface area contributed by atoms with Crippen LogP contribution in [0, 0.1) is 0 Å². The lowest BCUT2D eigenvalue weighted by atomic mass is 10.1. The molecule has 2 aromatic carbocycles. The Morgan fingerprint density at radius 2 is 1.72 bits per heavy atom. The van der Waals surface area contributed by atoms with Crippen LogP contribution in [0.2, 0.25) is 5.02 Å². The summed E-state index contributed by atoms with van der Waals surface area (Å²) in [6.45, 7) is 1.36. The van der Waals surface area contributed by atoms with Crippen LogP contribution >= 0.6 is 11.6 Å². The van der Waals surface area contributed by atoms with Crippen LogP contribution in [-0.4, -0.2) is 51.0 Å². The molecule has 0 unspecified atom stereocenters. The van der Waals surface area contributed by atoms with Crippen molar-refractivity contribution in [1.82, 2.24) is 15.5 Å². The lowest BCUT2D eigenvalue weighted by molar-refractivity contribution is -0.117. The molecular formula is C22H26ClN3O3. The number of halogens is 1. The zero-order valence-electron chi connectivity index (χ0n) is 16.9. The van der Waals surface area contributed by atoms with Gasteiger partial charge in [0, 0.05) is 17.1 Å². The Kier molecular flexibility index (Phi) is 8.70. The summed E-state index contributed by atoms with van der Waals surface area (Å²) in [6, 6.07) is 13.7. The molecule has 2 aromatic rings. The molecule has 29 heavy (non-hydrogen) atoms. The predicted molar refractivity (Wildman–Crippen MR) is 116 cm³/mol. The second-order valence-corrected chi connectivity index (χ2v) is 7.14. The lowest BCUT2D eigenvalue weighted by Crippen LogP contribution is -2.36. The molecule has 0 aliphatic carbocycles. The van der Waals surface area contributed by atoms with Crippen molar-refractivity contribution in [2.24, 2.45) is 0 Å². The van der Waals surface area contributed by atoms with Crippen LogP contribution in [0.4, 0.5) is 0 Å². The number of benzene rings is 2. The third kappa shape index (κ3) is 7.60. The van der Waals surface area contributed by atoms with Crippen molar-refractivity contribution >= 4 is 29.5 Å². The fourth-order valence-electron chi connectivity index (χ4n) is 2.51. The first kappa shape index (κ1) is 22.5. The fourth-order valence-corrected chi connectivity index (χ4v) is 2.64. The van der Waals surface area contributed by atoms with Crippen LogP contribution in [0.25, 0.3) is 6.08 Å². The van der Waals surface area contributed by atoms with Gasteiger partial charge in [-0.1, -0.05) is 23.7 Å². The van der Waals surface area contributed by atoms with Crippen LogP contribution < -0.4 is 15.4 Å². The topological polar surface area (TPSA) is 70.7 Å². The smallest absolute Gasteiger partial charge is 0.267 e. The van der Waals surface area contributed by atoms with Crippen LogP contribution in [0.3, 0.4) is 0 Å². The van der Waals surface area contributed by atoms with Gasteiger partial charge >= 0.3 is 0 Å². The summed E-state index contributed by atoms with van der Waals surface area (Å²) in [7, 11) is 5.51. The number of nitrogens with one attached hydrogen (secondary N) is 2. The molecular weight excluding hydrogens is 390 g/mol. The Morgan fingerprint density at radius 3 is 2.31 bits per heavy atom. The largest absolute Gasteiger partial charge is 0.497 e. The maximum atomic E-state index is 12.7. The van der Waals surface area contributed by atoms with Gasteiger partial charge in [0.25, 0.3) is 11.8 Å². The molecule has 0 atom stereocenters. The van der Waals surface area contributed by atoms with Gasteiger partial charge in [-0.05, 0) is 75.1 Å². The highest BCUT2D eigenvalue weighted by molar-refractivity contribution is 6.30. The van der Waals surface area contributed by atoms with Gasteiger partial charge in [-0.15, -0.1) is 0 Å². The Balaban J connectivity index is 2.15. The highest BCUT2D eigenvalue weighted by Gasteiger charge is 2.14. The Labute approximate surface area is 176 Å². The van der Waals surface area contributed by atoms with Crippen molar-refractivity contribution in [1.29, 1.82) is 0 Å². The molecule has 0 aromatic heterocycles. The third-order valence-electron chi connectivity index (χ3n) is 4.09. The number of methoxy groups -OCH3 is 1. The molecule has 7 heteroatoms. The van der Waals surface area contributed by atoms with Crippen LogP contribution in [-0.2, 0) is 4.79 Å². The monoisotopic (exact) mass is 415 g/mol. The maximum Gasteiger partial charge on any atom is 0.267 e. The molecule has 0 radical (unpaired) electrons. The summed E-state index contributed by atoms with van der Waals surface area (Å²) in [6.07, 6.45) is 2.43. The number of nitrogens with zero attached hydrogens (tertiary/aromatic N) is 1. The molecule has 0 saturated carbocycles. The van der Waals surface area contributed by atoms with Gasteiger partial charge in [-0.2, -0.15) is 0 Å². The van der Waals surface area contributed by atoms with Gasteiger partial charge in [0.15, 0.2) is 0 Å². The third-order valence-corrected chi connectivity index (χ3v) is 4.35. The van der Waals surface area contributed by atoms with E-state index in [9.17, 15) is 9.59 Å². The summed E-state index contributed by atoms with van der Waals surface area (Å²) in [5, 5.41) is 6.16. The predicted octanol–water partition coefficient (Wildman–Crippen LogP) is 3.19. The number of carbonyl (C=O) groups is 2. The minimum Gasteiger partial charge on any atom is -0.497 e. The van der Waals surface area contributed by atoms with E-state index in [0.717, 1.165) is 18.5 Å². The standard InChI is InChI=1S/C22H26ClN3O3/c1-26(2)14-4-13-24-22(28)20(15-16-5-9-18(23)10-6-16)25-21(27)17-7-11-19(29-3)12-8-17/h5-12,15H,4,13-14H2,1-3H3,(H,24,28)(H,25,27)/b20-15+. The van der Waals surface area contributed by atoms with E-state index in [1.165, 1.54) is 0 Å². The molecule has 0 bridgehead atoms. The highest BCUT2D eigenvalue weighted by Crippen LogP contribution is 2.14. The van der Waals surface area contributed by atoms with Gasteiger partial charge in [0.05, 0.1) is 7.11 Å². The first-order chi connectivity index (χ1) is 13.9. The zero-order chi connectivity index (χ0) is 21.2. The zero-order valence-corrected chi connectivity index (χ0v) is 17.6. The number of hydrogen-bond donors (Lipinski definition) is 2. The van der Waals surface area contributed by atoms with Crippen LogP contribution in [0.15, 0.2) is 54.2 Å². The van der Waals surface area contributed by atoms with E-state index in [-0.39, 0.29) is 17.5 Å². The van der Waals surface area contributed by atoms with Crippen molar-refractivity contribution in [3.63, 3.8) is 0 Å². The van der Waals surface area contributed by atoms with Crippen LogP contribution in [0.1, 0.15) is 22.3 Å². The second-order valence-electron chi connectivity index (χ2n) is 6.70. The van der Waals surface area contributed by atoms with Gasteiger partial charge in [-0.25, -0.2) is 0 Å². The van der Waals surface area contributed by atoms with E-state index in [4.69, 9.17) is 16.3 Å². The van der Waals surface area contributed by atoms with Crippen LogP contribution in [0.5, 0.6) is 5.75 Å². The van der Waals surface area contributed by atoms with E-state index in [1.54, 1.807) is 61.7 Å². The SMILES string of the molecule is COc1ccc(C(=O)N/C(=C/c2ccc(Cl)cc2)C(=O)NCCCN(C)C)cc1. The first-order valence-electron chi connectivity index (χ1n) is 9.24. The van der Waals surface area contributed by atoms with Crippen molar-refractivity contribution in [2.75, 3.05) is 34.3 Å². The van der Waals surface area contributed by atoms with E-state index < -0.39 is 0 Å². The summed E-state index contributed by atoms with van der Waals surface area (Å²) in [5.74, 6) is -0.0750. The van der Waals surface area contributed by atoms with E-state index in [0.29, 0.717) is 22.9 Å². The molecule has 2 rings (SSSR count). The summed E-state index contributed by atoms with van der Waals surface area (Å²) in [5.41, 5.74) is 1.34. The van der Waals surface area contributed by atoms with E-state index in [1.807, 2.05) is 19.0 Å². The van der Waals surface area contributed by atoms with Crippen molar-refractivity contribution in [2.45, 2.75) is 6.42 Å². The average molecular weight is 416 g/mol. The average Bonchev–Trinajstić information content (AvgIpc) is 2.72. The first-order valence-corrected chi connectivity index (χ1v) is 9.62. The van der Waals surface area contributed by atoms with Crippen molar-refractivity contribution < 1.29 is 14.3 Å².